The van der Waals surface area contributed by atoms with E-state index in [4.69, 9.17) is 25.2 Å². The minimum absolute atomic E-state index is 0.0523. The molecule has 0 saturated heterocycles. The molecule has 1 aliphatic heterocycles. The Kier molecular flexibility index (Phi) is 4.75. The van der Waals surface area contributed by atoms with Gasteiger partial charge in [-0.15, -0.1) is 0 Å². The van der Waals surface area contributed by atoms with Gasteiger partial charge >= 0.3 is 5.97 Å². The first-order valence-corrected chi connectivity index (χ1v) is 11.2. The zero-order chi connectivity index (χ0) is 22.7. The minimum Gasteiger partial charge on any atom is -0.496 e. The number of nitrogens with zero attached hydrogens (tertiary/aromatic N) is 2. The van der Waals surface area contributed by atoms with E-state index >= 15 is 0 Å². The van der Waals surface area contributed by atoms with Gasteiger partial charge in [0.2, 0.25) is 0 Å². The number of hydrogen-bond donors (Lipinski definition) is 1. The normalized spacial score (nSPS) is 18.8. The summed E-state index contributed by atoms with van der Waals surface area (Å²) < 4.78 is 11.3. The van der Waals surface area contributed by atoms with Crippen LogP contribution in [0.25, 0.3) is 10.8 Å². The van der Waals surface area contributed by atoms with Crippen molar-refractivity contribution in [3.05, 3.63) is 64.7 Å². The van der Waals surface area contributed by atoms with Crippen LogP contribution in [0.3, 0.4) is 0 Å². The van der Waals surface area contributed by atoms with Crippen LogP contribution in [-0.4, -0.2) is 28.6 Å². The van der Waals surface area contributed by atoms with Gasteiger partial charge in [-0.2, -0.15) is 0 Å². The smallest absolute Gasteiger partial charge is 0.340 e. The molecule has 0 amide bonds. The number of carbonyl (C=O) groups is 1. The summed E-state index contributed by atoms with van der Waals surface area (Å²) in [6, 6.07) is 9.80. The van der Waals surface area contributed by atoms with Crippen LogP contribution >= 0.6 is 0 Å². The number of rotatable bonds is 5. The van der Waals surface area contributed by atoms with Crippen molar-refractivity contribution in [3.63, 3.8) is 0 Å². The molecule has 1 aromatic carbocycles. The van der Waals surface area contributed by atoms with E-state index in [9.17, 15) is 4.79 Å². The zero-order valence-electron chi connectivity index (χ0n) is 19.1. The number of hydrogen-bond acceptors (Lipinski definition) is 6. The average molecular weight is 432 g/mol. The molecule has 0 unspecified atom stereocenters. The van der Waals surface area contributed by atoms with Gasteiger partial charge in [-0.3, -0.25) is 9.97 Å². The van der Waals surface area contributed by atoms with Gasteiger partial charge in [0.15, 0.2) is 0 Å². The summed E-state index contributed by atoms with van der Waals surface area (Å²) in [6.45, 7) is 6.07. The minimum atomic E-state index is -0.536. The molecule has 1 spiro atoms. The van der Waals surface area contributed by atoms with Crippen molar-refractivity contribution < 1.29 is 14.3 Å². The number of ether oxygens (including phenoxy) is 2. The van der Waals surface area contributed by atoms with Gasteiger partial charge in [-0.25, -0.2) is 4.79 Å². The van der Waals surface area contributed by atoms with Crippen molar-refractivity contribution in [2.75, 3.05) is 7.11 Å². The molecule has 1 fully saturated rings. The molecule has 1 atom stereocenters. The maximum absolute atomic E-state index is 12.5. The van der Waals surface area contributed by atoms with E-state index in [1.54, 1.807) is 7.11 Å². The van der Waals surface area contributed by atoms with E-state index in [1.165, 1.54) is 0 Å². The van der Waals surface area contributed by atoms with Gasteiger partial charge in [0, 0.05) is 35.4 Å². The highest BCUT2D eigenvalue weighted by Gasteiger charge is 2.62. The van der Waals surface area contributed by atoms with Crippen LogP contribution in [0.1, 0.15) is 79.1 Å². The summed E-state index contributed by atoms with van der Waals surface area (Å²) in [5.41, 5.74) is 10.1. The number of fused-ring (bicyclic) bond motifs is 3. The topological polar surface area (TPSA) is 87.3 Å². The van der Waals surface area contributed by atoms with E-state index in [-0.39, 0.29) is 17.4 Å². The lowest BCUT2D eigenvalue weighted by Gasteiger charge is -2.39. The fraction of sp³-hybridized carbons (Fsp3) is 0.423. The third-order valence-electron chi connectivity index (χ3n) is 7.25. The number of carbonyl (C=O) groups excluding carboxylic acids is 1. The van der Waals surface area contributed by atoms with Crippen LogP contribution < -0.4 is 10.5 Å². The van der Waals surface area contributed by atoms with Crippen LogP contribution in [0, 0.1) is 0 Å². The molecule has 3 heterocycles. The highest BCUT2D eigenvalue weighted by Crippen LogP contribution is 2.59. The van der Waals surface area contributed by atoms with Crippen LogP contribution in [-0.2, 0) is 16.6 Å². The van der Waals surface area contributed by atoms with Gasteiger partial charge in [0.25, 0.3) is 0 Å². The second-order valence-corrected chi connectivity index (χ2v) is 9.45. The van der Waals surface area contributed by atoms with Gasteiger partial charge in [0.1, 0.15) is 11.4 Å². The summed E-state index contributed by atoms with van der Waals surface area (Å²) >= 11 is 0. The number of cyclic esters (lactones) is 1. The van der Waals surface area contributed by atoms with Crippen molar-refractivity contribution in [1.82, 2.24) is 9.97 Å². The molecule has 0 bridgehead atoms. The Bertz CT molecular complexity index is 1230. The van der Waals surface area contributed by atoms with E-state index in [1.807, 2.05) is 44.3 Å². The first kappa shape index (κ1) is 20.9. The molecule has 32 heavy (non-hydrogen) atoms. The first-order chi connectivity index (χ1) is 15.3. The molecule has 1 saturated carbocycles. The molecule has 3 aromatic rings. The molecular weight excluding hydrogens is 402 g/mol. The Balaban J connectivity index is 1.55. The fourth-order valence-electron chi connectivity index (χ4n) is 5.04. The van der Waals surface area contributed by atoms with Crippen molar-refractivity contribution in [3.8, 4) is 5.75 Å². The molecule has 6 nitrogen and oxygen atoms in total. The molecular formula is C26H29N3O3. The molecule has 2 aromatic heterocycles. The molecule has 166 valence electrons. The number of aromatic nitrogens is 2. The Labute approximate surface area is 188 Å². The van der Waals surface area contributed by atoms with Gasteiger partial charge < -0.3 is 15.2 Å². The van der Waals surface area contributed by atoms with E-state index in [0.29, 0.717) is 12.0 Å². The monoisotopic (exact) mass is 431 g/mol. The first-order valence-electron chi connectivity index (χ1n) is 11.2. The number of pyridine rings is 2. The second-order valence-electron chi connectivity index (χ2n) is 9.45. The van der Waals surface area contributed by atoms with Crippen LogP contribution in [0.5, 0.6) is 5.75 Å². The van der Waals surface area contributed by atoms with Gasteiger partial charge in [-0.1, -0.05) is 13.0 Å². The van der Waals surface area contributed by atoms with Gasteiger partial charge in [-0.05, 0) is 68.3 Å². The van der Waals surface area contributed by atoms with E-state index in [0.717, 1.165) is 58.4 Å². The number of methoxy groups -OCH3 is 1. The number of nitrogens with two attached hydrogens (primary N) is 1. The Morgan fingerprint density at radius 1 is 1.16 bits per heavy atom. The lowest BCUT2D eigenvalue weighted by Crippen LogP contribution is -2.46. The third-order valence-corrected chi connectivity index (χ3v) is 7.25. The van der Waals surface area contributed by atoms with Gasteiger partial charge in [0.05, 0.1) is 23.8 Å². The lowest BCUT2D eigenvalue weighted by molar-refractivity contribution is -0.0285. The molecule has 6 heteroatoms. The zero-order valence-corrected chi connectivity index (χ0v) is 19.1. The molecule has 2 aliphatic rings. The highest BCUT2D eigenvalue weighted by atomic mass is 16.6. The van der Waals surface area contributed by atoms with Crippen molar-refractivity contribution in [2.24, 2.45) is 5.73 Å². The molecule has 2 N–H and O–H groups in total. The molecule has 1 aliphatic carbocycles. The standard InChI is InChI=1S/C26H29N3O3/c1-5-21(27)17-8-9-22(31-4)20-14-28-16(13-19(17)20)12-15-6-7-18-23(29-15)26(10-11-26)25(2,3)32-24(18)30/h6-9,13-14,21H,5,10-12,27H2,1-4H3/t21-/m1/s1. The van der Waals surface area contributed by atoms with Crippen LogP contribution in [0.4, 0.5) is 0 Å². The molecule has 5 rings (SSSR count). The largest absolute Gasteiger partial charge is 0.496 e. The number of esters is 1. The van der Waals surface area contributed by atoms with Crippen LogP contribution in [0.2, 0.25) is 0 Å². The van der Waals surface area contributed by atoms with Crippen LogP contribution in [0.15, 0.2) is 36.5 Å². The molecule has 0 radical (unpaired) electrons. The predicted octanol–water partition coefficient (Wildman–Crippen LogP) is 4.62. The van der Waals surface area contributed by atoms with E-state index < -0.39 is 5.60 Å². The Morgan fingerprint density at radius 2 is 1.94 bits per heavy atom. The fourth-order valence-corrected chi connectivity index (χ4v) is 5.04. The predicted molar refractivity (Wildman–Crippen MR) is 123 cm³/mol. The summed E-state index contributed by atoms with van der Waals surface area (Å²) in [5, 5.41) is 2.02. The summed E-state index contributed by atoms with van der Waals surface area (Å²) in [5.74, 6) is 0.505. The quantitative estimate of drug-likeness (QED) is 0.593. The summed E-state index contributed by atoms with van der Waals surface area (Å²) in [7, 11) is 1.67. The van der Waals surface area contributed by atoms with Crippen molar-refractivity contribution in [2.45, 2.75) is 63.5 Å². The maximum Gasteiger partial charge on any atom is 0.340 e. The van der Waals surface area contributed by atoms with Crippen molar-refractivity contribution >= 4 is 16.7 Å². The summed E-state index contributed by atoms with van der Waals surface area (Å²) in [4.78, 5) is 22.2. The lowest BCUT2D eigenvalue weighted by atomic mass is 9.79. The van der Waals surface area contributed by atoms with Crippen molar-refractivity contribution in [1.29, 1.82) is 0 Å². The Hall–Kier alpha value is -2.99. The third kappa shape index (κ3) is 3.08. The highest BCUT2D eigenvalue weighted by molar-refractivity contribution is 5.93. The number of benzene rings is 1. The maximum atomic E-state index is 12.5. The summed E-state index contributed by atoms with van der Waals surface area (Å²) in [6.07, 6.45) is 5.26. The Morgan fingerprint density at radius 3 is 2.62 bits per heavy atom. The average Bonchev–Trinajstić information content (AvgIpc) is 3.59. The van der Waals surface area contributed by atoms with E-state index in [2.05, 4.69) is 13.0 Å². The SMILES string of the molecule is CC[C@@H](N)c1ccc(OC)c2cnc(Cc3ccc4c(n3)C3(CC3)C(C)(C)OC4=O)cc12. The second kappa shape index (κ2) is 7.27.